The molecule has 1 fully saturated rings. The van der Waals surface area contributed by atoms with Crippen LogP contribution in [0, 0.1) is 5.82 Å². The number of carbonyl (C=O) groups excluding carboxylic acids is 1. The van der Waals surface area contributed by atoms with Crippen LogP contribution in [-0.4, -0.2) is 55.7 Å². The molecule has 190 valence electrons. The number of hydrogen-bond acceptors (Lipinski definition) is 7. The SMILES string of the molecule is O=C(OCCCCN1CCC(c2noc3cc(F)ccc23)CC1)N1CCCc2cc3c(cc21)OCO3. The summed E-state index contributed by atoms with van der Waals surface area (Å²) in [6, 6.07) is 8.49. The summed E-state index contributed by atoms with van der Waals surface area (Å²) in [5.74, 6) is 1.46. The summed E-state index contributed by atoms with van der Waals surface area (Å²) < 4.78 is 35.3. The molecule has 6 rings (SSSR count). The van der Waals surface area contributed by atoms with Gasteiger partial charge in [0.2, 0.25) is 6.79 Å². The molecule has 0 spiro atoms. The zero-order chi connectivity index (χ0) is 24.5. The molecule has 3 aliphatic rings. The number of unbranched alkanes of at least 4 members (excludes halogenated alkanes) is 1. The number of fused-ring (bicyclic) bond motifs is 3. The third kappa shape index (κ3) is 4.59. The number of aryl methyl sites for hydroxylation is 1. The van der Waals surface area contributed by atoms with Gasteiger partial charge in [0.25, 0.3) is 0 Å². The quantitative estimate of drug-likeness (QED) is 0.433. The maximum absolute atomic E-state index is 13.4. The average Bonchev–Trinajstić information content (AvgIpc) is 3.53. The van der Waals surface area contributed by atoms with Gasteiger partial charge in [-0.2, -0.15) is 0 Å². The molecule has 1 aromatic heterocycles. The van der Waals surface area contributed by atoms with Gasteiger partial charge >= 0.3 is 6.09 Å². The first-order chi connectivity index (χ1) is 17.7. The smallest absolute Gasteiger partial charge is 0.414 e. The molecule has 0 atom stereocenters. The van der Waals surface area contributed by atoms with Crippen LogP contribution in [0.5, 0.6) is 11.5 Å². The highest BCUT2D eigenvalue weighted by atomic mass is 19.1. The van der Waals surface area contributed by atoms with Crippen LogP contribution in [0.15, 0.2) is 34.9 Å². The molecule has 3 aromatic rings. The Morgan fingerprint density at radius 3 is 2.78 bits per heavy atom. The van der Waals surface area contributed by atoms with Gasteiger partial charge < -0.3 is 23.6 Å². The van der Waals surface area contributed by atoms with Crippen LogP contribution in [0.4, 0.5) is 14.9 Å². The number of ether oxygens (including phenoxy) is 3. The number of benzene rings is 2. The number of nitrogens with zero attached hydrogens (tertiary/aromatic N) is 3. The third-order valence-corrected chi connectivity index (χ3v) is 7.44. The summed E-state index contributed by atoms with van der Waals surface area (Å²) in [7, 11) is 0. The Bertz CT molecular complexity index is 1250. The molecule has 0 radical (unpaired) electrons. The maximum Gasteiger partial charge on any atom is 0.414 e. The lowest BCUT2D eigenvalue weighted by Gasteiger charge is -2.31. The highest BCUT2D eigenvalue weighted by molar-refractivity contribution is 5.90. The molecule has 0 saturated carbocycles. The largest absolute Gasteiger partial charge is 0.454 e. The number of anilines is 1. The number of hydrogen-bond donors (Lipinski definition) is 0. The highest BCUT2D eigenvalue weighted by Crippen LogP contribution is 2.40. The van der Waals surface area contributed by atoms with Gasteiger partial charge in [-0.05, 0) is 81.9 Å². The zero-order valence-corrected chi connectivity index (χ0v) is 20.2. The molecule has 9 heteroatoms. The van der Waals surface area contributed by atoms with Crippen molar-refractivity contribution < 1.29 is 27.9 Å². The standard InChI is InChI=1S/C27H30FN3O5/c28-20-5-6-21-23(15-20)36-29-26(21)18-7-11-30(12-8-18)9-1-2-13-33-27(32)31-10-3-4-19-14-24-25(16-22(19)31)35-17-34-24/h5-6,14-16,18H,1-4,7-13,17H2. The Kier molecular flexibility index (Phi) is 6.39. The average molecular weight is 496 g/mol. The molecule has 0 bridgehead atoms. The molecular formula is C27H30FN3O5. The molecule has 3 aliphatic heterocycles. The van der Waals surface area contributed by atoms with Crippen LogP contribution in [0.2, 0.25) is 0 Å². The van der Waals surface area contributed by atoms with Crippen LogP contribution in [0.3, 0.4) is 0 Å². The van der Waals surface area contributed by atoms with Crippen LogP contribution in [0.25, 0.3) is 11.0 Å². The second kappa shape index (κ2) is 9.97. The summed E-state index contributed by atoms with van der Waals surface area (Å²) in [6.45, 7) is 4.23. The van der Waals surface area contributed by atoms with Crippen molar-refractivity contribution in [3.63, 3.8) is 0 Å². The summed E-state index contributed by atoms with van der Waals surface area (Å²) in [5.41, 5.74) is 3.42. The lowest BCUT2D eigenvalue weighted by atomic mass is 9.91. The van der Waals surface area contributed by atoms with Gasteiger partial charge in [-0.15, -0.1) is 0 Å². The van der Waals surface area contributed by atoms with Gasteiger partial charge in [0.15, 0.2) is 17.1 Å². The van der Waals surface area contributed by atoms with E-state index in [9.17, 15) is 9.18 Å². The number of carbonyl (C=O) groups is 1. The molecule has 2 aromatic carbocycles. The molecule has 1 saturated heterocycles. The maximum atomic E-state index is 13.4. The minimum Gasteiger partial charge on any atom is -0.454 e. The van der Waals surface area contributed by atoms with E-state index in [1.54, 1.807) is 11.0 Å². The monoisotopic (exact) mass is 495 g/mol. The van der Waals surface area contributed by atoms with Gasteiger partial charge in [0.05, 0.1) is 18.0 Å². The Labute approximate surface area is 208 Å². The fraction of sp³-hybridized carbons (Fsp3) is 0.481. The van der Waals surface area contributed by atoms with Crippen molar-refractivity contribution in [2.45, 2.75) is 44.4 Å². The van der Waals surface area contributed by atoms with E-state index in [2.05, 4.69) is 10.1 Å². The molecule has 36 heavy (non-hydrogen) atoms. The van der Waals surface area contributed by atoms with E-state index in [0.29, 0.717) is 30.4 Å². The minimum atomic E-state index is -0.306. The number of halogens is 1. The first-order valence-electron chi connectivity index (χ1n) is 12.8. The van der Waals surface area contributed by atoms with Crippen molar-refractivity contribution in [2.24, 2.45) is 0 Å². The normalized spacial score (nSPS) is 18.0. The topological polar surface area (TPSA) is 77.3 Å². The van der Waals surface area contributed by atoms with Crippen molar-refractivity contribution in [3.8, 4) is 11.5 Å². The fourth-order valence-corrected chi connectivity index (χ4v) is 5.49. The summed E-state index contributed by atoms with van der Waals surface area (Å²) in [5, 5.41) is 5.15. The molecule has 0 unspecified atom stereocenters. The van der Waals surface area contributed by atoms with Crippen LogP contribution >= 0.6 is 0 Å². The number of likely N-dealkylation sites (tertiary alicyclic amines) is 1. The third-order valence-electron chi connectivity index (χ3n) is 7.44. The van der Waals surface area contributed by atoms with Crippen molar-refractivity contribution in [1.29, 1.82) is 0 Å². The van der Waals surface area contributed by atoms with E-state index in [1.807, 2.05) is 12.1 Å². The Morgan fingerprint density at radius 1 is 1.08 bits per heavy atom. The van der Waals surface area contributed by atoms with E-state index in [1.165, 1.54) is 12.1 Å². The van der Waals surface area contributed by atoms with Crippen molar-refractivity contribution in [1.82, 2.24) is 10.1 Å². The lowest BCUT2D eigenvalue weighted by Crippen LogP contribution is -2.36. The van der Waals surface area contributed by atoms with E-state index in [-0.39, 0.29) is 18.7 Å². The van der Waals surface area contributed by atoms with Gasteiger partial charge in [-0.25, -0.2) is 9.18 Å². The predicted octanol–water partition coefficient (Wildman–Crippen LogP) is 5.24. The Hall–Kier alpha value is -3.33. The van der Waals surface area contributed by atoms with Crippen LogP contribution in [-0.2, 0) is 11.2 Å². The summed E-state index contributed by atoms with van der Waals surface area (Å²) >= 11 is 0. The van der Waals surface area contributed by atoms with Crippen LogP contribution in [0.1, 0.15) is 49.3 Å². The summed E-state index contributed by atoms with van der Waals surface area (Å²) in [6.07, 6.45) is 5.32. The second-order valence-electron chi connectivity index (χ2n) is 9.74. The number of piperidine rings is 1. The van der Waals surface area contributed by atoms with Crippen molar-refractivity contribution in [3.05, 3.63) is 47.4 Å². The Balaban J connectivity index is 0.936. The fourth-order valence-electron chi connectivity index (χ4n) is 5.49. The predicted molar refractivity (Wildman–Crippen MR) is 131 cm³/mol. The molecule has 1 amide bonds. The van der Waals surface area contributed by atoms with Gasteiger partial charge in [0.1, 0.15) is 5.82 Å². The number of amides is 1. The van der Waals surface area contributed by atoms with Crippen molar-refractivity contribution in [2.75, 3.05) is 44.5 Å². The van der Waals surface area contributed by atoms with Gasteiger partial charge in [0, 0.05) is 30.0 Å². The van der Waals surface area contributed by atoms with E-state index >= 15 is 0 Å². The first kappa shape index (κ1) is 23.1. The molecule has 4 heterocycles. The van der Waals surface area contributed by atoms with E-state index in [0.717, 1.165) is 86.2 Å². The number of aromatic nitrogens is 1. The first-order valence-corrected chi connectivity index (χ1v) is 12.8. The molecular weight excluding hydrogens is 465 g/mol. The van der Waals surface area contributed by atoms with Gasteiger partial charge in [-0.3, -0.25) is 4.90 Å². The molecule has 8 nitrogen and oxygen atoms in total. The van der Waals surface area contributed by atoms with E-state index in [4.69, 9.17) is 18.7 Å². The second-order valence-corrected chi connectivity index (χ2v) is 9.74. The lowest BCUT2D eigenvalue weighted by molar-refractivity contribution is 0.146. The van der Waals surface area contributed by atoms with Gasteiger partial charge in [-0.1, -0.05) is 5.16 Å². The number of rotatable bonds is 6. The van der Waals surface area contributed by atoms with Crippen LogP contribution < -0.4 is 14.4 Å². The molecule has 0 N–H and O–H groups in total. The zero-order valence-electron chi connectivity index (χ0n) is 20.2. The summed E-state index contributed by atoms with van der Waals surface area (Å²) in [4.78, 5) is 16.9. The highest BCUT2D eigenvalue weighted by Gasteiger charge is 2.28. The van der Waals surface area contributed by atoms with Crippen molar-refractivity contribution >= 4 is 22.7 Å². The Morgan fingerprint density at radius 2 is 1.92 bits per heavy atom. The minimum absolute atomic E-state index is 0.221. The molecule has 0 aliphatic carbocycles. The van der Waals surface area contributed by atoms with E-state index < -0.39 is 0 Å².